The van der Waals surface area contributed by atoms with Crippen LogP contribution in [0.15, 0.2) is 53.0 Å². The van der Waals surface area contributed by atoms with E-state index >= 15 is 0 Å². The van der Waals surface area contributed by atoms with Gasteiger partial charge in [0.15, 0.2) is 0 Å². The highest BCUT2D eigenvalue weighted by Crippen LogP contribution is 2.59. The summed E-state index contributed by atoms with van der Waals surface area (Å²) in [6.07, 6.45) is 4.58. The second kappa shape index (κ2) is 14.8. The average molecular weight is 730 g/mol. The van der Waals surface area contributed by atoms with Crippen molar-refractivity contribution in [3.63, 3.8) is 0 Å². The smallest absolute Gasteiger partial charge is 0.313 e. The van der Waals surface area contributed by atoms with Crippen LogP contribution in [0.1, 0.15) is 38.4 Å². The fourth-order valence-electron chi connectivity index (χ4n) is 7.68. The van der Waals surface area contributed by atoms with Gasteiger partial charge in [0, 0.05) is 43.6 Å². The first-order valence-corrected chi connectivity index (χ1v) is 17.7. The molecule has 1 spiro atoms. The zero-order valence-electron chi connectivity index (χ0n) is 27.5. The van der Waals surface area contributed by atoms with Gasteiger partial charge in [0.1, 0.15) is 29.8 Å². The number of benzene rings is 1. The molecule has 48 heavy (non-hydrogen) atoms. The molecule has 3 fully saturated rings. The monoisotopic (exact) mass is 728 g/mol. The molecule has 7 atom stereocenters. The number of ether oxygens (including phenoxy) is 3. The van der Waals surface area contributed by atoms with Gasteiger partial charge in [-0.15, -0.1) is 0 Å². The average Bonchev–Trinajstić information content (AvgIpc) is 3.68. The van der Waals surface area contributed by atoms with Crippen LogP contribution in [0.4, 0.5) is 0 Å². The normalized spacial score (nSPS) is 33.0. The quantitative estimate of drug-likeness (QED) is 0.318. The van der Waals surface area contributed by atoms with Gasteiger partial charge in [-0.25, -0.2) is 0 Å². The van der Waals surface area contributed by atoms with E-state index in [1.165, 1.54) is 4.90 Å². The molecule has 6 rings (SSSR count). The Morgan fingerprint density at radius 2 is 1.79 bits per heavy atom. The number of amides is 3. The van der Waals surface area contributed by atoms with E-state index in [9.17, 15) is 24.3 Å². The highest BCUT2D eigenvalue weighted by molar-refractivity contribution is 9.11. The number of halogens is 1. The highest BCUT2D eigenvalue weighted by atomic mass is 79.9. The van der Waals surface area contributed by atoms with Gasteiger partial charge in [0.25, 0.3) is 0 Å². The number of carbonyl (C=O) groups is 4. The molecule has 3 amide bonds. The Morgan fingerprint density at radius 3 is 2.50 bits per heavy atom. The molecule has 1 aromatic rings. The van der Waals surface area contributed by atoms with E-state index in [4.69, 9.17) is 14.2 Å². The third-order valence-electron chi connectivity index (χ3n) is 10.2. The lowest BCUT2D eigenvalue weighted by atomic mass is 9.74. The van der Waals surface area contributed by atoms with Crippen molar-refractivity contribution in [2.24, 2.45) is 17.8 Å². The van der Waals surface area contributed by atoms with Crippen molar-refractivity contribution < 1.29 is 38.5 Å². The van der Waals surface area contributed by atoms with Crippen LogP contribution in [0.5, 0.6) is 0 Å². The van der Waals surface area contributed by atoms with E-state index in [1.54, 1.807) is 11.0 Å². The molecule has 3 saturated heterocycles. The molecule has 1 aromatic carbocycles. The molecule has 13 heteroatoms. The number of carbonyl (C=O) groups excluding carboxylic acids is 4. The lowest BCUT2D eigenvalue weighted by Crippen LogP contribution is -2.60. The van der Waals surface area contributed by atoms with Crippen molar-refractivity contribution >= 4 is 39.6 Å². The van der Waals surface area contributed by atoms with E-state index in [1.807, 2.05) is 56.3 Å². The van der Waals surface area contributed by atoms with Gasteiger partial charge >= 0.3 is 5.97 Å². The second-order valence-corrected chi connectivity index (χ2v) is 14.4. The van der Waals surface area contributed by atoms with Gasteiger partial charge in [-0.2, -0.15) is 0 Å². The molecule has 12 nitrogen and oxygen atoms in total. The van der Waals surface area contributed by atoms with Crippen molar-refractivity contribution in [3.8, 4) is 0 Å². The molecule has 0 aliphatic carbocycles. The molecular formula is C35H45BrN4O8. The molecule has 0 radical (unpaired) electrons. The van der Waals surface area contributed by atoms with Crippen LogP contribution in [-0.4, -0.2) is 126 Å². The van der Waals surface area contributed by atoms with Gasteiger partial charge in [0.2, 0.25) is 17.7 Å². The van der Waals surface area contributed by atoms with Crippen LogP contribution in [0.25, 0.3) is 0 Å². The zero-order chi connectivity index (χ0) is 34.0. The number of rotatable bonds is 7. The number of esters is 1. The van der Waals surface area contributed by atoms with Crippen molar-refractivity contribution in [1.29, 1.82) is 0 Å². The summed E-state index contributed by atoms with van der Waals surface area (Å²) in [6, 6.07) is 7.34. The Kier molecular flexibility index (Phi) is 10.7. The number of nitrogens with zero attached hydrogens (tertiary/aromatic N) is 3. The van der Waals surface area contributed by atoms with Gasteiger partial charge < -0.3 is 34.4 Å². The minimum absolute atomic E-state index is 0.0554. The molecular weight excluding hydrogens is 684 g/mol. The number of likely N-dealkylation sites (tertiary alicyclic amines) is 1. The number of aliphatic hydroxyl groups is 1. The maximum Gasteiger partial charge on any atom is 0.313 e. The van der Waals surface area contributed by atoms with Crippen molar-refractivity contribution in [2.45, 2.75) is 56.6 Å². The second-order valence-electron chi connectivity index (χ2n) is 13.5. The number of fused-ring (bicyclic) bond motifs is 2. The molecule has 0 aromatic heterocycles. The maximum atomic E-state index is 14.9. The third kappa shape index (κ3) is 6.59. The summed E-state index contributed by atoms with van der Waals surface area (Å²) in [5.74, 6) is -3.87. The third-order valence-corrected chi connectivity index (χ3v) is 10.9. The predicted molar refractivity (Wildman–Crippen MR) is 178 cm³/mol. The number of allylic oxidation sites excluding steroid dienone is 1. The largest absolute Gasteiger partial charge is 0.455 e. The predicted octanol–water partition coefficient (Wildman–Crippen LogP) is 1.79. The van der Waals surface area contributed by atoms with Gasteiger partial charge in [-0.3, -0.25) is 24.1 Å². The summed E-state index contributed by atoms with van der Waals surface area (Å²) in [7, 11) is 0. The zero-order valence-corrected chi connectivity index (χ0v) is 29.0. The fourth-order valence-corrected chi connectivity index (χ4v) is 8.41. The summed E-state index contributed by atoms with van der Waals surface area (Å²) in [5, 5.41) is 13.5. The number of hydrogen-bond donors (Lipinski definition) is 2. The SMILES string of the molecule is CC(C)[C@H](CO)N1C(=O)[C@H]2[C@@H]3C(=O)O[C@H](c4ccccc4)CNC(=O)CC/C=C\CN(CCN4CCOCC4)C(=O)[C@H]1[C@@]21C=C(Br)[C@@H]3O1. The van der Waals surface area contributed by atoms with E-state index in [0.29, 0.717) is 42.8 Å². The minimum atomic E-state index is -1.45. The molecule has 0 saturated carbocycles. The topological polar surface area (TPSA) is 138 Å². The molecule has 5 bridgehead atoms. The summed E-state index contributed by atoms with van der Waals surface area (Å²) in [4.78, 5) is 62.1. The van der Waals surface area contributed by atoms with Crippen molar-refractivity contribution in [1.82, 2.24) is 20.0 Å². The highest BCUT2D eigenvalue weighted by Gasteiger charge is 2.75. The first-order chi connectivity index (χ1) is 23.2. The molecule has 5 aliphatic rings. The molecule has 0 unspecified atom stereocenters. The van der Waals surface area contributed by atoms with E-state index in [2.05, 4.69) is 26.1 Å². The standard InChI is InChI=1S/C35H45BrN4O8/c1-22(2)25(21-41)40-31-33(44)39(14-13-38-15-17-46-18-16-38)12-8-4-7-11-27(42)37-20-26(23-9-5-3-6-10-23)47-34(45)28-29(32(40)43)35(31)19-24(36)30(28)48-35/h3-6,8-10,19,22,25-26,28-31,41H,7,11-18,20-21H2,1-2H3,(H,37,42)/b8-4-/t25-,26-,28-,29+,30-,31-,35+/m0/s1. The number of aliphatic hydroxyl groups excluding tert-OH is 1. The lowest BCUT2D eigenvalue weighted by Gasteiger charge is -2.40. The van der Waals surface area contributed by atoms with Crippen LogP contribution < -0.4 is 5.32 Å². The maximum absolute atomic E-state index is 14.9. The van der Waals surface area contributed by atoms with Gasteiger partial charge in [-0.05, 0) is 24.0 Å². The Hall–Kier alpha value is -3.10. The molecule has 5 heterocycles. The van der Waals surface area contributed by atoms with Crippen molar-refractivity contribution in [3.05, 3.63) is 58.6 Å². The van der Waals surface area contributed by atoms with Crippen LogP contribution in [0.3, 0.4) is 0 Å². The Balaban J connectivity index is 1.41. The molecule has 2 N–H and O–H groups in total. The van der Waals surface area contributed by atoms with E-state index in [0.717, 1.165) is 13.1 Å². The number of morpholine rings is 1. The lowest BCUT2D eigenvalue weighted by molar-refractivity contribution is -0.161. The summed E-state index contributed by atoms with van der Waals surface area (Å²) < 4.78 is 18.8. The molecule has 260 valence electrons. The van der Waals surface area contributed by atoms with E-state index in [-0.39, 0.29) is 43.8 Å². The summed E-state index contributed by atoms with van der Waals surface area (Å²) in [5.41, 5.74) is -0.754. The fraction of sp³-hybridized carbons (Fsp3) is 0.600. The first kappa shape index (κ1) is 34.8. The van der Waals surface area contributed by atoms with Crippen LogP contribution in [-0.2, 0) is 33.4 Å². The minimum Gasteiger partial charge on any atom is -0.455 e. The number of hydrogen-bond acceptors (Lipinski definition) is 9. The van der Waals surface area contributed by atoms with E-state index < -0.39 is 53.6 Å². The number of cyclic esters (lactones) is 1. The summed E-state index contributed by atoms with van der Waals surface area (Å²) in [6.45, 7) is 7.48. The van der Waals surface area contributed by atoms with Gasteiger partial charge in [0.05, 0.1) is 38.3 Å². The number of nitrogens with one attached hydrogen (secondary N) is 1. The van der Waals surface area contributed by atoms with Crippen molar-refractivity contribution in [2.75, 3.05) is 59.1 Å². The summed E-state index contributed by atoms with van der Waals surface area (Å²) >= 11 is 3.60. The Bertz CT molecular complexity index is 1430. The Labute approximate surface area is 289 Å². The Morgan fingerprint density at radius 1 is 1.04 bits per heavy atom. The first-order valence-electron chi connectivity index (χ1n) is 16.9. The van der Waals surface area contributed by atoms with Crippen LogP contribution in [0, 0.1) is 17.8 Å². The van der Waals surface area contributed by atoms with Gasteiger partial charge in [-0.1, -0.05) is 72.3 Å². The molecule has 5 aliphatic heterocycles. The van der Waals surface area contributed by atoms with Crippen LogP contribution in [0.2, 0.25) is 0 Å². The van der Waals surface area contributed by atoms with Crippen LogP contribution >= 0.6 is 15.9 Å².